The fraction of sp³-hybridized carbons (Fsp3) is 0.154. The minimum Gasteiger partial charge on any atom is -0.494 e. The molecular formula is C13H13N5O. The maximum absolute atomic E-state index is 5.71. The molecule has 0 saturated heterocycles. The van der Waals surface area contributed by atoms with Crippen LogP contribution in [0.5, 0.6) is 5.75 Å². The molecule has 3 rings (SSSR count). The van der Waals surface area contributed by atoms with Crippen LogP contribution in [0.2, 0.25) is 0 Å². The molecule has 6 nitrogen and oxygen atoms in total. The van der Waals surface area contributed by atoms with Crippen LogP contribution in [0.3, 0.4) is 0 Å². The summed E-state index contributed by atoms with van der Waals surface area (Å²) in [5.74, 6) is 1.00. The molecule has 0 spiro atoms. The van der Waals surface area contributed by atoms with Gasteiger partial charge in [-0.2, -0.15) is 4.98 Å². The summed E-state index contributed by atoms with van der Waals surface area (Å²) >= 11 is 0. The van der Waals surface area contributed by atoms with E-state index in [0.717, 1.165) is 22.5 Å². The van der Waals surface area contributed by atoms with E-state index in [0.29, 0.717) is 12.3 Å². The highest BCUT2D eigenvalue weighted by atomic mass is 16.5. The number of anilines is 1. The molecule has 0 fully saturated rings. The number of aromatic amines is 1. The maximum atomic E-state index is 5.71. The van der Waals surface area contributed by atoms with Gasteiger partial charge in [-0.25, -0.2) is 9.97 Å². The highest BCUT2D eigenvalue weighted by Crippen LogP contribution is 2.27. The minimum absolute atomic E-state index is 0.205. The van der Waals surface area contributed by atoms with Gasteiger partial charge in [0.15, 0.2) is 5.65 Å². The second-order valence-corrected chi connectivity index (χ2v) is 3.99. The summed E-state index contributed by atoms with van der Waals surface area (Å²) < 4.78 is 5.49. The summed E-state index contributed by atoms with van der Waals surface area (Å²) in [6.45, 7) is 2.57. The molecular weight excluding hydrogens is 242 g/mol. The van der Waals surface area contributed by atoms with Crippen LogP contribution < -0.4 is 10.5 Å². The summed E-state index contributed by atoms with van der Waals surface area (Å²) in [4.78, 5) is 15.5. The van der Waals surface area contributed by atoms with Crippen LogP contribution >= 0.6 is 0 Å². The number of imidazole rings is 1. The van der Waals surface area contributed by atoms with Crippen LogP contribution in [0.15, 0.2) is 30.6 Å². The average Bonchev–Trinajstić information content (AvgIpc) is 2.86. The van der Waals surface area contributed by atoms with Crippen molar-refractivity contribution >= 4 is 17.1 Å². The van der Waals surface area contributed by atoms with Crippen molar-refractivity contribution in [3.63, 3.8) is 0 Å². The van der Waals surface area contributed by atoms with E-state index in [4.69, 9.17) is 10.5 Å². The lowest BCUT2D eigenvalue weighted by Crippen LogP contribution is -1.98. The predicted molar refractivity (Wildman–Crippen MR) is 72.7 cm³/mol. The van der Waals surface area contributed by atoms with Gasteiger partial charge in [0.25, 0.3) is 0 Å². The third-order valence-corrected chi connectivity index (χ3v) is 2.72. The number of nitrogens with one attached hydrogen (secondary N) is 1. The predicted octanol–water partition coefficient (Wildman–Crippen LogP) is 2.00. The SMILES string of the molecule is CCOc1cccc(-c2nc(N)nc3nc[nH]c23)c1. The Morgan fingerprint density at radius 2 is 2.21 bits per heavy atom. The van der Waals surface area contributed by atoms with Gasteiger partial charge >= 0.3 is 0 Å². The summed E-state index contributed by atoms with van der Waals surface area (Å²) in [6.07, 6.45) is 1.58. The quantitative estimate of drug-likeness (QED) is 0.747. The van der Waals surface area contributed by atoms with Crippen molar-refractivity contribution in [2.75, 3.05) is 12.3 Å². The van der Waals surface area contributed by atoms with Crippen LogP contribution in [-0.2, 0) is 0 Å². The van der Waals surface area contributed by atoms with Gasteiger partial charge < -0.3 is 15.5 Å². The molecule has 2 heterocycles. The van der Waals surface area contributed by atoms with E-state index in [1.165, 1.54) is 0 Å². The highest BCUT2D eigenvalue weighted by molar-refractivity contribution is 5.88. The molecule has 0 atom stereocenters. The molecule has 0 bridgehead atoms. The number of ether oxygens (including phenoxy) is 1. The van der Waals surface area contributed by atoms with Gasteiger partial charge in [-0.05, 0) is 19.1 Å². The Morgan fingerprint density at radius 1 is 1.32 bits per heavy atom. The molecule has 0 unspecified atom stereocenters. The standard InChI is InChI=1S/C13H13N5O/c1-2-19-9-5-3-4-8(6-9)10-11-12(16-7-15-11)18-13(14)17-10/h3-7H,2H2,1H3,(H3,14,15,16,17,18). The van der Waals surface area contributed by atoms with Crippen molar-refractivity contribution in [2.45, 2.75) is 6.92 Å². The third kappa shape index (κ3) is 2.08. The molecule has 1 aromatic carbocycles. The molecule has 0 aliphatic rings. The molecule has 0 radical (unpaired) electrons. The normalized spacial score (nSPS) is 10.8. The molecule has 6 heteroatoms. The molecule has 3 N–H and O–H groups in total. The van der Waals surface area contributed by atoms with Crippen LogP contribution in [0, 0.1) is 0 Å². The fourth-order valence-electron chi connectivity index (χ4n) is 1.96. The van der Waals surface area contributed by atoms with E-state index >= 15 is 0 Å². The van der Waals surface area contributed by atoms with E-state index in [1.807, 2.05) is 31.2 Å². The fourth-order valence-corrected chi connectivity index (χ4v) is 1.96. The van der Waals surface area contributed by atoms with Crippen molar-refractivity contribution in [3.8, 4) is 17.0 Å². The smallest absolute Gasteiger partial charge is 0.222 e. The molecule has 19 heavy (non-hydrogen) atoms. The van der Waals surface area contributed by atoms with Crippen LogP contribution in [0.25, 0.3) is 22.4 Å². The van der Waals surface area contributed by atoms with Crippen molar-refractivity contribution < 1.29 is 4.74 Å². The first-order valence-corrected chi connectivity index (χ1v) is 5.97. The van der Waals surface area contributed by atoms with E-state index in [1.54, 1.807) is 6.33 Å². The average molecular weight is 255 g/mol. The maximum Gasteiger partial charge on any atom is 0.222 e. The van der Waals surface area contributed by atoms with E-state index in [2.05, 4.69) is 19.9 Å². The lowest BCUT2D eigenvalue weighted by Gasteiger charge is -2.06. The number of fused-ring (bicyclic) bond motifs is 1. The molecule has 0 saturated carbocycles. The van der Waals surface area contributed by atoms with Gasteiger partial charge in [0.2, 0.25) is 5.95 Å². The number of nitrogens with two attached hydrogens (primary N) is 1. The van der Waals surface area contributed by atoms with Crippen molar-refractivity contribution in [1.82, 2.24) is 19.9 Å². The number of hydrogen-bond donors (Lipinski definition) is 2. The lowest BCUT2D eigenvalue weighted by molar-refractivity contribution is 0.340. The molecule has 96 valence electrons. The Balaban J connectivity index is 2.18. The Hall–Kier alpha value is -2.63. The zero-order chi connectivity index (χ0) is 13.2. The number of nitrogen functional groups attached to an aromatic ring is 1. The Bertz CT molecular complexity index is 722. The van der Waals surface area contributed by atoms with Gasteiger partial charge in [-0.15, -0.1) is 0 Å². The summed E-state index contributed by atoms with van der Waals surface area (Å²) in [7, 11) is 0. The summed E-state index contributed by atoms with van der Waals surface area (Å²) in [6, 6.07) is 7.69. The molecule has 3 aromatic rings. The molecule has 0 amide bonds. The van der Waals surface area contributed by atoms with Crippen LogP contribution in [0.4, 0.5) is 5.95 Å². The number of nitrogens with zero attached hydrogens (tertiary/aromatic N) is 3. The second-order valence-electron chi connectivity index (χ2n) is 3.99. The molecule has 0 aliphatic carbocycles. The van der Waals surface area contributed by atoms with Gasteiger partial charge in [0, 0.05) is 5.56 Å². The molecule has 0 aliphatic heterocycles. The van der Waals surface area contributed by atoms with E-state index in [9.17, 15) is 0 Å². The topological polar surface area (TPSA) is 89.7 Å². The monoisotopic (exact) mass is 255 g/mol. The van der Waals surface area contributed by atoms with Gasteiger partial charge in [-0.1, -0.05) is 12.1 Å². The number of H-pyrrole nitrogens is 1. The van der Waals surface area contributed by atoms with Gasteiger partial charge in [-0.3, -0.25) is 0 Å². The lowest BCUT2D eigenvalue weighted by atomic mass is 10.1. The number of hydrogen-bond acceptors (Lipinski definition) is 5. The first kappa shape index (κ1) is 11.5. The van der Waals surface area contributed by atoms with Gasteiger partial charge in [0.05, 0.1) is 12.9 Å². The first-order valence-electron chi connectivity index (χ1n) is 5.97. The largest absolute Gasteiger partial charge is 0.494 e. The van der Waals surface area contributed by atoms with E-state index in [-0.39, 0.29) is 5.95 Å². The molecule has 2 aromatic heterocycles. The Labute approximate surface area is 109 Å². The zero-order valence-corrected chi connectivity index (χ0v) is 10.4. The number of rotatable bonds is 3. The number of benzene rings is 1. The van der Waals surface area contributed by atoms with E-state index < -0.39 is 0 Å². The van der Waals surface area contributed by atoms with Crippen molar-refractivity contribution in [3.05, 3.63) is 30.6 Å². The van der Waals surface area contributed by atoms with Crippen LogP contribution in [-0.4, -0.2) is 26.5 Å². The van der Waals surface area contributed by atoms with Crippen LogP contribution in [0.1, 0.15) is 6.92 Å². The van der Waals surface area contributed by atoms with Gasteiger partial charge in [0.1, 0.15) is 17.0 Å². The van der Waals surface area contributed by atoms with Crippen molar-refractivity contribution in [2.24, 2.45) is 0 Å². The second kappa shape index (κ2) is 4.56. The number of aromatic nitrogens is 4. The Kier molecular flexibility index (Phi) is 2.75. The summed E-state index contributed by atoms with van der Waals surface area (Å²) in [5, 5.41) is 0. The minimum atomic E-state index is 0.205. The Morgan fingerprint density at radius 3 is 3.05 bits per heavy atom. The third-order valence-electron chi connectivity index (χ3n) is 2.72. The first-order chi connectivity index (χ1) is 9.28. The summed E-state index contributed by atoms with van der Waals surface area (Å²) in [5.41, 5.74) is 8.67. The zero-order valence-electron chi connectivity index (χ0n) is 10.4. The van der Waals surface area contributed by atoms with Crippen molar-refractivity contribution in [1.29, 1.82) is 0 Å². The highest BCUT2D eigenvalue weighted by Gasteiger charge is 2.11.